The zero-order valence-corrected chi connectivity index (χ0v) is 27.5. The van der Waals surface area contributed by atoms with Crippen molar-refractivity contribution in [2.75, 3.05) is 26.7 Å². The van der Waals surface area contributed by atoms with Crippen molar-refractivity contribution in [3.63, 3.8) is 0 Å². The Morgan fingerprint density at radius 2 is 1.91 bits per heavy atom. The number of carbonyl (C=O) groups excluding carboxylic acids is 2. The molecule has 6 heteroatoms. The topological polar surface area (TPSA) is 70.7 Å². The number of likely N-dealkylation sites (N-methyl/N-ethyl adjacent to an activating group) is 1. The smallest absolute Gasteiger partial charge is 0.234 e. The molecule has 7 atom stereocenters. The number of fused-ring (bicyclic) bond motifs is 5. The summed E-state index contributed by atoms with van der Waals surface area (Å²) in [5.74, 6) is 2.25. The molecule has 1 aromatic carbocycles. The van der Waals surface area contributed by atoms with Crippen LogP contribution in [0.4, 0.5) is 0 Å². The minimum Gasteiger partial charge on any atom is -0.368 e. The van der Waals surface area contributed by atoms with Crippen molar-refractivity contribution in [3.05, 3.63) is 58.2 Å². The molecule has 2 saturated carbocycles. The van der Waals surface area contributed by atoms with E-state index in [0.29, 0.717) is 36.6 Å². The summed E-state index contributed by atoms with van der Waals surface area (Å²) in [6.07, 6.45) is 12.2. The number of ether oxygens (including phenoxy) is 1. The third-order valence-corrected chi connectivity index (χ3v) is 13.0. The first kappa shape index (κ1) is 30.4. The third-order valence-electron chi connectivity index (χ3n) is 13.0. The van der Waals surface area contributed by atoms with Gasteiger partial charge in [-0.05, 0) is 112 Å². The molecule has 44 heavy (non-hydrogen) atoms. The maximum atomic E-state index is 13.3. The fourth-order valence-corrected chi connectivity index (χ4v) is 10.7. The predicted molar refractivity (Wildman–Crippen MR) is 174 cm³/mol. The van der Waals surface area contributed by atoms with Gasteiger partial charge in [0.1, 0.15) is 11.4 Å². The summed E-state index contributed by atoms with van der Waals surface area (Å²) >= 11 is 0. The molecule has 6 aliphatic rings. The van der Waals surface area contributed by atoms with Gasteiger partial charge in [-0.1, -0.05) is 55.3 Å². The number of amides is 1. The molecule has 2 aliphatic heterocycles. The molecule has 2 N–H and O–H groups in total. The average molecular weight is 600 g/mol. The summed E-state index contributed by atoms with van der Waals surface area (Å²) in [6, 6.07) is 10.4. The van der Waals surface area contributed by atoms with Crippen LogP contribution in [0.2, 0.25) is 0 Å². The summed E-state index contributed by atoms with van der Waals surface area (Å²) < 4.78 is 7.25. The van der Waals surface area contributed by atoms with Crippen LogP contribution in [0, 0.1) is 23.2 Å². The van der Waals surface area contributed by atoms with Crippen LogP contribution in [0.5, 0.6) is 0 Å². The molecule has 1 aromatic rings. The highest BCUT2D eigenvalue weighted by molar-refractivity contribution is 5.80. The Labute approximate surface area is 264 Å². The standard InChI is InChI=1S/C38H53N3O3/c1-25-18-34-38(39-4,41(22-25)23-35(43)40-17-14-27-8-6-5-7-9-27)24-37(44-34)16-13-30-31-11-10-28-19-29(42)12-15-36(28,3)33(31)20-32(30)26(2)21-37/h5-9,25,28,33-34,39H,10-24H2,1-4H3,(H,40,43). The Hall–Kier alpha value is -2.28. The molecule has 1 amide bonds. The minimum atomic E-state index is -0.325. The normalized spacial score (nSPS) is 38.7. The number of Topliss-reactive ketones (excluding diaryl/α,β-unsaturated/α-hetero) is 1. The van der Waals surface area contributed by atoms with Crippen molar-refractivity contribution < 1.29 is 14.3 Å². The Morgan fingerprint density at radius 1 is 1.09 bits per heavy atom. The largest absolute Gasteiger partial charge is 0.368 e. The summed E-state index contributed by atoms with van der Waals surface area (Å²) in [5, 5.41) is 6.94. The molecule has 4 fully saturated rings. The molecule has 0 radical (unpaired) electrons. The zero-order valence-electron chi connectivity index (χ0n) is 27.5. The van der Waals surface area contributed by atoms with E-state index in [9.17, 15) is 9.59 Å². The number of rotatable bonds is 6. The van der Waals surface area contributed by atoms with E-state index >= 15 is 0 Å². The van der Waals surface area contributed by atoms with E-state index in [0.717, 1.165) is 64.3 Å². The van der Waals surface area contributed by atoms with Gasteiger partial charge in [0.2, 0.25) is 5.91 Å². The van der Waals surface area contributed by atoms with E-state index in [-0.39, 0.29) is 28.7 Å². The number of nitrogens with zero attached hydrogens (tertiary/aromatic N) is 1. The molecule has 1 spiro atoms. The lowest BCUT2D eigenvalue weighted by atomic mass is 9.54. The van der Waals surface area contributed by atoms with E-state index in [2.05, 4.69) is 67.6 Å². The van der Waals surface area contributed by atoms with Crippen LogP contribution in [0.25, 0.3) is 0 Å². The molecule has 7 unspecified atom stereocenters. The van der Waals surface area contributed by atoms with Gasteiger partial charge in [-0.15, -0.1) is 0 Å². The van der Waals surface area contributed by atoms with Crippen molar-refractivity contribution in [2.24, 2.45) is 23.2 Å². The third kappa shape index (κ3) is 5.13. The van der Waals surface area contributed by atoms with Gasteiger partial charge >= 0.3 is 0 Å². The highest BCUT2D eigenvalue weighted by Crippen LogP contribution is 2.62. The van der Waals surface area contributed by atoms with Crippen molar-refractivity contribution >= 4 is 11.7 Å². The maximum absolute atomic E-state index is 13.3. The maximum Gasteiger partial charge on any atom is 0.234 e. The van der Waals surface area contributed by atoms with E-state index < -0.39 is 0 Å². The molecule has 7 rings (SSSR count). The second-order valence-corrected chi connectivity index (χ2v) is 15.6. The number of carbonyl (C=O) groups is 2. The number of piperidine rings is 1. The fraction of sp³-hybridized carbons (Fsp3) is 0.684. The number of hydrogen-bond acceptors (Lipinski definition) is 5. The van der Waals surface area contributed by atoms with Gasteiger partial charge in [-0.25, -0.2) is 0 Å². The number of likely N-dealkylation sites (tertiary alicyclic amines) is 1. The lowest BCUT2D eigenvalue weighted by Gasteiger charge is -2.50. The van der Waals surface area contributed by atoms with Gasteiger partial charge in [-0.2, -0.15) is 0 Å². The van der Waals surface area contributed by atoms with Crippen LogP contribution in [0.15, 0.2) is 52.6 Å². The summed E-state index contributed by atoms with van der Waals surface area (Å²) in [6.45, 7) is 9.15. The Balaban J connectivity index is 1.08. The Bertz CT molecular complexity index is 1370. The van der Waals surface area contributed by atoms with Crippen LogP contribution in [-0.2, 0) is 20.7 Å². The van der Waals surface area contributed by atoms with Crippen LogP contribution >= 0.6 is 0 Å². The first-order valence-corrected chi connectivity index (χ1v) is 17.5. The first-order chi connectivity index (χ1) is 21.1. The van der Waals surface area contributed by atoms with Crippen molar-refractivity contribution in [1.29, 1.82) is 0 Å². The molecule has 6 nitrogen and oxygen atoms in total. The van der Waals surface area contributed by atoms with Gasteiger partial charge in [0.25, 0.3) is 0 Å². The predicted octanol–water partition coefficient (Wildman–Crippen LogP) is 6.12. The molecule has 4 aliphatic carbocycles. The fourth-order valence-electron chi connectivity index (χ4n) is 10.7. The Kier molecular flexibility index (Phi) is 7.94. The van der Waals surface area contributed by atoms with Crippen LogP contribution in [0.3, 0.4) is 0 Å². The van der Waals surface area contributed by atoms with Gasteiger partial charge < -0.3 is 10.1 Å². The lowest BCUT2D eigenvalue weighted by Crippen LogP contribution is -2.68. The highest BCUT2D eigenvalue weighted by atomic mass is 16.5. The number of ketones is 1. The first-order valence-electron chi connectivity index (χ1n) is 17.5. The SMILES string of the molecule is CNC12CC3(CCC4=C5CCC6CC(=O)CCC6(C)C5CC4=C(C)C3)OC1CC(C)CN2CC(=O)NCCc1ccccc1. The van der Waals surface area contributed by atoms with E-state index in [1.54, 1.807) is 16.7 Å². The van der Waals surface area contributed by atoms with Gasteiger partial charge in [0.15, 0.2) is 0 Å². The van der Waals surface area contributed by atoms with Gasteiger partial charge in [0, 0.05) is 32.4 Å². The quantitative estimate of drug-likeness (QED) is 0.413. The van der Waals surface area contributed by atoms with E-state index in [4.69, 9.17) is 4.74 Å². The lowest BCUT2D eigenvalue weighted by molar-refractivity contribution is -0.131. The number of allylic oxidation sites excluding steroid dienone is 3. The summed E-state index contributed by atoms with van der Waals surface area (Å²) in [7, 11) is 2.08. The molecular weight excluding hydrogens is 546 g/mol. The van der Waals surface area contributed by atoms with Crippen LogP contribution < -0.4 is 10.6 Å². The summed E-state index contributed by atoms with van der Waals surface area (Å²) in [5.41, 5.74) is 7.52. The molecular formula is C38H53N3O3. The molecule has 0 bridgehead atoms. The minimum absolute atomic E-state index is 0.0728. The summed E-state index contributed by atoms with van der Waals surface area (Å²) in [4.78, 5) is 28.0. The zero-order chi connectivity index (χ0) is 30.7. The van der Waals surface area contributed by atoms with Crippen LogP contribution in [-0.4, -0.2) is 60.6 Å². The number of hydrogen-bond donors (Lipinski definition) is 2. The number of nitrogens with one attached hydrogen (secondary N) is 2. The van der Waals surface area contributed by atoms with Crippen molar-refractivity contribution in [2.45, 2.75) is 115 Å². The van der Waals surface area contributed by atoms with E-state index in [1.807, 2.05) is 6.07 Å². The molecule has 0 aromatic heterocycles. The van der Waals surface area contributed by atoms with Gasteiger partial charge in [0.05, 0.1) is 18.2 Å². The molecule has 2 heterocycles. The van der Waals surface area contributed by atoms with E-state index in [1.165, 1.54) is 30.4 Å². The van der Waals surface area contributed by atoms with Crippen molar-refractivity contribution in [3.8, 4) is 0 Å². The molecule has 2 saturated heterocycles. The Morgan fingerprint density at radius 3 is 2.70 bits per heavy atom. The monoisotopic (exact) mass is 599 g/mol. The second kappa shape index (κ2) is 11.5. The van der Waals surface area contributed by atoms with Crippen molar-refractivity contribution in [1.82, 2.24) is 15.5 Å². The second-order valence-electron chi connectivity index (χ2n) is 15.6. The van der Waals surface area contributed by atoms with Gasteiger partial charge in [-0.3, -0.25) is 19.8 Å². The number of benzene rings is 1. The highest BCUT2D eigenvalue weighted by Gasteiger charge is 2.61. The average Bonchev–Trinajstić information content (AvgIpc) is 3.50. The van der Waals surface area contributed by atoms with Crippen LogP contribution in [0.1, 0.15) is 97.0 Å². The molecule has 238 valence electrons.